The molecule has 2 aromatic heterocycles. The molecule has 186 valence electrons. The number of fused-ring (bicyclic) bond motifs is 1. The average molecular weight is 496 g/mol. The second-order valence-electron chi connectivity index (χ2n) is 8.59. The van der Waals surface area contributed by atoms with E-state index in [2.05, 4.69) is 20.6 Å². The lowest BCUT2D eigenvalue weighted by atomic mass is 9.92. The van der Waals surface area contributed by atoms with Gasteiger partial charge in [0.1, 0.15) is 5.75 Å². The van der Waals surface area contributed by atoms with E-state index in [-0.39, 0.29) is 11.3 Å². The molecular weight excluding hydrogens is 473 g/mol. The molecule has 8 nitrogen and oxygen atoms in total. The lowest BCUT2D eigenvalue weighted by Gasteiger charge is -2.26. The van der Waals surface area contributed by atoms with Gasteiger partial charge in [0.15, 0.2) is 5.69 Å². The molecule has 0 fully saturated rings. The van der Waals surface area contributed by atoms with Gasteiger partial charge in [0.2, 0.25) is 0 Å². The fourth-order valence-electron chi connectivity index (χ4n) is 4.60. The van der Waals surface area contributed by atoms with E-state index in [0.717, 1.165) is 17.4 Å². The Balaban J connectivity index is 1.42. The first-order valence-electron chi connectivity index (χ1n) is 11.4. The number of hydrogen-bond acceptors (Lipinski definition) is 5. The van der Waals surface area contributed by atoms with Gasteiger partial charge in [-0.05, 0) is 49.9 Å². The molecule has 0 bridgehead atoms. The van der Waals surface area contributed by atoms with Crippen molar-refractivity contribution in [2.24, 2.45) is 0 Å². The number of methoxy groups -OCH3 is 1. The minimum Gasteiger partial charge on any atom is -0.494 e. The normalized spacial score (nSPS) is 15.4. The van der Waals surface area contributed by atoms with Crippen LogP contribution in [-0.2, 0) is 12.6 Å². The van der Waals surface area contributed by atoms with Crippen molar-refractivity contribution in [3.05, 3.63) is 83.2 Å². The second-order valence-corrected chi connectivity index (χ2v) is 8.59. The number of imidazole rings is 1. The lowest BCUT2D eigenvalue weighted by molar-refractivity contribution is -0.138. The van der Waals surface area contributed by atoms with Crippen LogP contribution in [0.15, 0.2) is 55.0 Å². The quantitative estimate of drug-likeness (QED) is 0.421. The molecule has 1 atom stereocenters. The molecule has 0 saturated carbocycles. The standard InChI is InChI=1S/C25H23F3N6O2/c1-15-13-33(14-29-15)20-11-10-16(12-22(20)36-2)30-24(35)23-21-9-5-8-19(34(21)32-31-23)17-6-3-4-7-18(17)25(26,27)28/h3-4,6-7,10-14,19H,5,8-9H2,1-2H3,(H,30,35). The van der Waals surface area contributed by atoms with Gasteiger partial charge in [0.25, 0.3) is 5.91 Å². The number of amides is 1. The predicted octanol–water partition coefficient (Wildman–Crippen LogP) is 4.98. The van der Waals surface area contributed by atoms with Crippen molar-refractivity contribution < 1.29 is 22.7 Å². The number of carbonyl (C=O) groups is 1. The number of nitrogens with zero attached hydrogens (tertiary/aromatic N) is 5. The van der Waals surface area contributed by atoms with Crippen LogP contribution in [-0.4, -0.2) is 37.6 Å². The van der Waals surface area contributed by atoms with Crippen LogP contribution in [0, 0.1) is 6.92 Å². The SMILES string of the molecule is COc1cc(NC(=O)c2nnn3c2CCCC3c2ccccc2C(F)(F)F)ccc1-n1cnc(C)c1. The predicted molar refractivity (Wildman–Crippen MR) is 125 cm³/mol. The Kier molecular flexibility index (Phi) is 5.99. The van der Waals surface area contributed by atoms with E-state index in [0.29, 0.717) is 36.4 Å². The zero-order chi connectivity index (χ0) is 25.4. The number of benzene rings is 2. The van der Waals surface area contributed by atoms with Crippen LogP contribution in [0.25, 0.3) is 5.69 Å². The summed E-state index contributed by atoms with van der Waals surface area (Å²) in [5, 5.41) is 10.9. The Morgan fingerprint density at radius 3 is 2.72 bits per heavy atom. The fourth-order valence-corrected chi connectivity index (χ4v) is 4.60. The highest BCUT2D eigenvalue weighted by Crippen LogP contribution is 2.39. The molecule has 1 N–H and O–H groups in total. The van der Waals surface area contributed by atoms with Crippen LogP contribution in [0.3, 0.4) is 0 Å². The van der Waals surface area contributed by atoms with E-state index in [1.54, 1.807) is 30.6 Å². The molecule has 0 saturated heterocycles. The smallest absolute Gasteiger partial charge is 0.416 e. The Morgan fingerprint density at radius 2 is 2.00 bits per heavy atom. The van der Waals surface area contributed by atoms with Crippen molar-refractivity contribution in [3.8, 4) is 11.4 Å². The number of rotatable bonds is 5. The van der Waals surface area contributed by atoms with Gasteiger partial charge in [-0.2, -0.15) is 13.2 Å². The fraction of sp³-hybridized carbons (Fsp3) is 0.280. The van der Waals surface area contributed by atoms with E-state index in [1.165, 1.54) is 23.9 Å². The monoisotopic (exact) mass is 496 g/mol. The molecule has 1 unspecified atom stereocenters. The molecule has 1 aliphatic heterocycles. The van der Waals surface area contributed by atoms with Gasteiger partial charge in [-0.15, -0.1) is 5.10 Å². The summed E-state index contributed by atoms with van der Waals surface area (Å²) in [6.07, 6.45) is 0.598. The van der Waals surface area contributed by atoms with Crippen molar-refractivity contribution in [1.82, 2.24) is 24.5 Å². The maximum absolute atomic E-state index is 13.6. The van der Waals surface area contributed by atoms with Gasteiger partial charge in [-0.1, -0.05) is 23.4 Å². The zero-order valence-corrected chi connectivity index (χ0v) is 19.6. The van der Waals surface area contributed by atoms with Gasteiger partial charge in [-0.3, -0.25) is 4.79 Å². The summed E-state index contributed by atoms with van der Waals surface area (Å²) in [4.78, 5) is 17.3. The molecular formula is C25H23F3N6O2. The number of hydrogen-bond donors (Lipinski definition) is 1. The third-order valence-electron chi connectivity index (χ3n) is 6.25. The average Bonchev–Trinajstić information content (AvgIpc) is 3.49. The first kappa shape index (κ1) is 23.6. The van der Waals surface area contributed by atoms with Crippen LogP contribution in [0.2, 0.25) is 0 Å². The van der Waals surface area contributed by atoms with Gasteiger partial charge in [0.05, 0.1) is 42.1 Å². The number of ether oxygens (including phenoxy) is 1. The Morgan fingerprint density at radius 1 is 1.19 bits per heavy atom. The highest BCUT2D eigenvalue weighted by atomic mass is 19.4. The van der Waals surface area contributed by atoms with Gasteiger partial charge in [-0.25, -0.2) is 9.67 Å². The van der Waals surface area contributed by atoms with Crippen LogP contribution in [0.4, 0.5) is 18.9 Å². The number of anilines is 1. The number of halogens is 3. The van der Waals surface area contributed by atoms with E-state index in [1.807, 2.05) is 17.7 Å². The largest absolute Gasteiger partial charge is 0.494 e. The summed E-state index contributed by atoms with van der Waals surface area (Å²) in [6.45, 7) is 1.88. The maximum atomic E-state index is 13.6. The summed E-state index contributed by atoms with van der Waals surface area (Å²) >= 11 is 0. The summed E-state index contributed by atoms with van der Waals surface area (Å²) < 4.78 is 49.6. The topological polar surface area (TPSA) is 86.9 Å². The first-order chi connectivity index (χ1) is 17.3. The van der Waals surface area contributed by atoms with Gasteiger partial charge >= 0.3 is 6.18 Å². The molecule has 1 aliphatic rings. The number of alkyl halides is 3. The highest BCUT2D eigenvalue weighted by Gasteiger charge is 2.37. The second kappa shape index (κ2) is 9.14. The molecule has 0 radical (unpaired) electrons. The third-order valence-corrected chi connectivity index (χ3v) is 6.25. The van der Waals surface area contributed by atoms with Gasteiger partial charge < -0.3 is 14.6 Å². The number of nitrogens with one attached hydrogen (secondary N) is 1. The number of aryl methyl sites for hydroxylation is 1. The first-order valence-corrected chi connectivity index (χ1v) is 11.4. The molecule has 0 spiro atoms. The highest BCUT2D eigenvalue weighted by molar-refractivity contribution is 6.03. The summed E-state index contributed by atoms with van der Waals surface area (Å²) in [6, 6.07) is 10.0. The Bertz CT molecular complexity index is 1430. The van der Waals surface area contributed by atoms with Crippen LogP contribution >= 0.6 is 0 Å². The minimum absolute atomic E-state index is 0.0949. The van der Waals surface area contributed by atoms with Crippen molar-refractivity contribution in [2.75, 3.05) is 12.4 Å². The molecule has 0 aliphatic carbocycles. The van der Waals surface area contributed by atoms with Crippen molar-refractivity contribution in [1.29, 1.82) is 0 Å². The molecule has 11 heteroatoms. The zero-order valence-electron chi connectivity index (χ0n) is 19.6. The van der Waals surface area contributed by atoms with Crippen molar-refractivity contribution in [2.45, 2.75) is 38.4 Å². The molecule has 4 aromatic rings. The molecule has 1 amide bonds. The van der Waals surface area contributed by atoms with E-state index in [4.69, 9.17) is 4.74 Å². The van der Waals surface area contributed by atoms with E-state index < -0.39 is 23.7 Å². The maximum Gasteiger partial charge on any atom is 0.416 e. The number of carbonyl (C=O) groups excluding carboxylic acids is 1. The lowest BCUT2D eigenvalue weighted by Crippen LogP contribution is -2.24. The van der Waals surface area contributed by atoms with Crippen LogP contribution in [0.1, 0.15) is 51.9 Å². The van der Waals surface area contributed by atoms with Crippen molar-refractivity contribution in [3.63, 3.8) is 0 Å². The molecule has 3 heterocycles. The van der Waals surface area contributed by atoms with E-state index >= 15 is 0 Å². The van der Waals surface area contributed by atoms with Crippen LogP contribution in [0.5, 0.6) is 5.75 Å². The Labute approximate surface area is 204 Å². The van der Waals surface area contributed by atoms with Crippen LogP contribution < -0.4 is 10.1 Å². The summed E-state index contributed by atoms with van der Waals surface area (Å²) in [5.74, 6) is 0.0355. The number of aromatic nitrogens is 5. The summed E-state index contributed by atoms with van der Waals surface area (Å²) in [7, 11) is 1.53. The molecule has 2 aromatic carbocycles. The molecule has 5 rings (SSSR count). The minimum atomic E-state index is -4.49. The Hall–Kier alpha value is -4.15. The molecule has 36 heavy (non-hydrogen) atoms. The van der Waals surface area contributed by atoms with Gasteiger partial charge in [0, 0.05) is 18.0 Å². The summed E-state index contributed by atoms with van der Waals surface area (Å²) in [5.41, 5.74) is 2.11. The third kappa shape index (κ3) is 4.32. The van der Waals surface area contributed by atoms with Crippen molar-refractivity contribution >= 4 is 11.6 Å². The van der Waals surface area contributed by atoms with E-state index in [9.17, 15) is 18.0 Å².